The molecular weight excluding hydrogens is 290 g/mol. The number of carbonyl (C=O) groups is 1. The standard InChI is InChI=1S/C15H22ClN3O2/c1-21-6-5-18-15(20)14-8-13(17)10-19(14)9-11-3-2-4-12(16)7-11/h2-4,7,13-14H,5-6,8-10,17H2,1H3,(H,18,20)/t13-,14+/m1/s1. The van der Waals surface area contributed by atoms with Crippen LogP contribution in [0.4, 0.5) is 0 Å². The van der Waals surface area contributed by atoms with E-state index in [9.17, 15) is 4.79 Å². The molecule has 116 valence electrons. The molecule has 0 unspecified atom stereocenters. The summed E-state index contributed by atoms with van der Waals surface area (Å²) < 4.78 is 4.94. The Morgan fingerprint density at radius 3 is 3.10 bits per heavy atom. The first-order valence-corrected chi connectivity index (χ1v) is 7.48. The van der Waals surface area contributed by atoms with Crippen LogP contribution in [0.25, 0.3) is 0 Å². The number of nitrogens with zero attached hydrogens (tertiary/aromatic N) is 1. The minimum atomic E-state index is -0.184. The van der Waals surface area contributed by atoms with Gasteiger partial charge in [-0.05, 0) is 24.1 Å². The highest BCUT2D eigenvalue weighted by Crippen LogP contribution is 2.21. The molecule has 0 bridgehead atoms. The molecule has 1 heterocycles. The molecule has 1 saturated heterocycles. The van der Waals surface area contributed by atoms with Crippen molar-refractivity contribution in [1.29, 1.82) is 0 Å². The fourth-order valence-corrected chi connectivity index (χ4v) is 2.86. The summed E-state index contributed by atoms with van der Waals surface area (Å²) in [6.45, 7) is 2.43. The summed E-state index contributed by atoms with van der Waals surface area (Å²) in [4.78, 5) is 14.4. The third-order valence-electron chi connectivity index (χ3n) is 3.62. The lowest BCUT2D eigenvalue weighted by Crippen LogP contribution is -2.43. The predicted octanol–water partition coefficient (Wildman–Crippen LogP) is 1.00. The first-order valence-electron chi connectivity index (χ1n) is 7.11. The van der Waals surface area contributed by atoms with Gasteiger partial charge >= 0.3 is 0 Å². The van der Waals surface area contributed by atoms with Crippen LogP contribution in [0.2, 0.25) is 5.02 Å². The van der Waals surface area contributed by atoms with Gasteiger partial charge in [-0.25, -0.2) is 0 Å². The molecule has 1 aromatic rings. The molecule has 1 fully saturated rings. The fourth-order valence-electron chi connectivity index (χ4n) is 2.65. The van der Waals surface area contributed by atoms with Gasteiger partial charge in [0.15, 0.2) is 0 Å². The topological polar surface area (TPSA) is 67.6 Å². The Hall–Kier alpha value is -1.14. The zero-order valence-electron chi connectivity index (χ0n) is 12.2. The molecule has 5 nitrogen and oxygen atoms in total. The maximum atomic E-state index is 12.2. The van der Waals surface area contributed by atoms with E-state index in [1.807, 2.05) is 24.3 Å². The number of carbonyl (C=O) groups excluding carboxylic acids is 1. The number of rotatable bonds is 6. The molecule has 1 aliphatic heterocycles. The molecule has 1 amide bonds. The quantitative estimate of drug-likeness (QED) is 0.769. The van der Waals surface area contributed by atoms with Gasteiger partial charge in [0.2, 0.25) is 5.91 Å². The molecule has 2 atom stereocenters. The summed E-state index contributed by atoms with van der Waals surface area (Å²) in [5, 5.41) is 3.59. The molecule has 1 aliphatic rings. The molecule has 1 aromatic carbocycles. The van der Waals surface area contributed by atoms with E-state index in [4.69, 9.17) is 22.1 Å². The molecule has 0 aliphatic carbocycles. The number of halogens is 1. The Balaban J connectivity index is 1.97. The average Bonchev–Trinajstić information content (AvgIpc) is 2.80. The van der Waals surface area contributed by atoms with Gasteiger partial charge in [0.1, 0.15) is 0 Å². The van der Waals surface area contributed by atoms with Crippen molar-refractivity contribution in [3.05, 3.63) is 34.9 Å². The van der Waals surface area contributed by atoms with Crippen LogP contribution >= 0.6 is 11.6 Å². The van der Waals surface area contributed by atoms with Crippen molar-refractivity contribution in [2.45, 2.75) is 25.0 Å². The molecular formula is C15H22ClN3O2. The average molecular weight is 312 g/mol. The number of methoxy groups -OCH3 is 1. The van der Waals surface area contributed by atoms with E-state index >= 15 is 0 Å². The lowest BCUT2D eigenvalue weighted by molar-refractivity contribution is -0.125. The van der Waals surface area contributed by atoms with Gasteiger partial charge in [-0.1, -0.05) is 23.7 Å². The van der Waals surface area contributed by atoms with Gasteiger partial charge in [0.25, 0.3) is 0 Å². The Kier molecular flexibility index (Phi) is 5.99. The van der Waals surface area contributed by atoms with Gasteiger partial charge in [0.05, 0.1) is 12.6 Å². The maximum Gasteiger partial charge on any atom is 0.237 e. The molecule has 3 N–H and O–H groups in total. The van der Waals surface area contributed by atoms with Gasteiger partial charge in [0, 0.05) is 37.8 Å². The number of benzene rings is 1. The summed E-state index contributed by atoms with van der Waals surface area (Å²) in [6.07, 6.45) is 0.680. The van der Waals surface area contributed by atoms with E-state index < -0.39 is 0 Å². The third-order valence-corrected chi connectivity index (χ3v) is 3.85. The molecule has 0 radical (unpaired) electrons. The zero-order chi connectivity index (χ0) is 15.2. The Bertz CT molecular complexity index is 484. The Morgan fingerprint density at radius 2 is 2.38 bits per heavy atom. The van der Waals surface area contributed by atoms with Crippen LogP contribution in [0.5, 0.6) is 0 Å². The highest BCUT2D eigenvalue weighted by Gasteiger charge is 2.34. The third kappa shape index (κ3) is 4.68. The van der Waals surface area contributed by atoms with Crippen molar-refractivity contribution >= 4 is 17.5 Å². The van der Waals surface area contributed by atoms with Crippen LogP contribution < -0.4 is 11.1 Å². The van der Waals surface area contributed by atoms with E-state index in [0.717, 1.165) is 12.1 Å². The smallest absolute Gasteiger partial charge is 0.237 e. The summed E-state index contributed by atoms with van der Waals surface area (Å²) in [5.74, 6) is 0.0158. The van der Waals surface area contributed by atoms with Crippen molar-refractivity contribution in [3.8, 4) is 0 Å². The van der Waals surface area contributed by atoms with Gasteiger partial charge in [-0.2, -0.15) is 0 Å². The van der Waals surface area contributed by atoms with E-state index in [0.29, 0.717) is 31.1 Å². The highest BCUT2D eigenvalue weighted by molar-refractivity contribution is 6.30. The summed E-state index contributed by atoms with van der Waals surface area (Å²) in [5.41, 5.74) is 7.11. The number of hydrogen-bond acceptors (Lipinski definition) is 4. The van der Waals surface area contributed by atoms with Crippen molar-refractivity contribution in [1.82, 2.24) is 10.2 Å². The lowest BCUT2D eigenvalue weighted by Gasteiger charge is -2.23. The number of amides is 1. The Morgan fingerprint density at radius 1 is 1.57 bits per heavy atom. The summed E-state index contributed by atoms with van der Waals surface area (Å²) >= 11 is 6.01. The van der Waals surface area contributed by atoms with Crippen LogP contribution in [0.15, 0.2) is 24.3 Å². The number of nitrogens with one attached hydrogen (secondary N) is 1. The Labute approximate surface area is 130 Å². The second-order valence-electron chi connectivity index (χ2n) is 5.35. The minimum Gasteiger partial charge on any atom is -0.383 e. The minimum absolute atomic E-state index is 0.0158. The van der Waals surface area contributed by atoms with Crippen LogP contribution in [-0.2, 0) is 16.1 Å². The molecule has 6 heteroatoms. The molecule has 0 spiro atoms. The second-order valence-corrected chi connectivity index (χ2v) is 5.79. The van der Waals surface area contributed by atoms with Crippen LogP contribution in [0, 0.1) is 0 Å². The lowest BCUT2D eigenvalue weighted by atomic mass is 10.1. The van der Waals surface area contributed by atoms with E-state index in [1.54, 1.807) is 7.11 Å². The monoisotopic (exact) mass is 311 g/mol. The first kappa shape index (κ1) is 16.2. The predicted molar refractivity (Wildman–Crippen MR) is 83.1 cm³/mol. The van der Waals surface area contributed by atoms with Gasteiger partial charge in [-0.3, -0.25) is 9.69 Å². The van der Waals surface area contributed by atoms with Crippen molar-refractivity contribution in [2.24, 2.45) is 5.73 Å². The van der Waals surface area contributed by atoms with Crippen LogP contribution in [-0.4, -0.2) is 49.7 Å². The second kappa shape index (κ2) is 7.75. The number of likely N-dealkylation sites (tertiary alicyclic amines) is 1. The van der Waals surface area contributed by atoms with Crippen molar-refractivity contribution in [3.63, 3.8) is 0 Å². The van der Waals surface area contributed by atoms with E-state index in [2.05, 4.69) is 10.2 Å². The molecule has 0 aromatic heterocycles. The van der Waals surface area contributed by atoms with E-state index in [-0.39, 0.29) is 18.0 Å². The van der Waals surface area contributed by atoms with Crippen LogP contribution in [0.3, 0.4) is 0 Å². The van der Waals surface area contributed by atoms with Crippen LogP contribution in [0.1, 0.15) is 12.0 Å². The molecule has 0 saturated carbocycles. The van der Waals surface area contributed by atoms with Gasteiger partial charge in [-0.15, -0.1) is 0 Å². The largest absolute Gasteiger partial charge is 0.383 e. The number of nitrogens with two attached hydrogens (primary N) is 1. The van der Waals surface area contributed by atoms with Crippen molar-refractivity contribution in [2.75, 3.05) is 26.8 Å². The molecule has 21 heavy (non-hydrogen) atoms. The fraction of sp³-hybridized carbons (Fsp3) is 0.533. The number of ether oxygens (including phenoxy) is 1. The normalized spacial score (nSPS) is 22.4. The highest BCUT2D eigenvalue weighted by atomic mass is 35.5. The molecule has 2 rings (SSSR count). The van der Waals surface area contributed by atoms with Crippen molar-refractivity contribution < 1.29 is 9.53 Å². The van der Waals surface area contributed by atoms with Gasteiger partial charge < -0.3 is 15.8 Å². The van der Waals surface area contributed by atoms with E-state index in [1.165, 1.54) is 0 Å². The number of hydrogen-bond donors (Lipinski definition) is 2. The summed E-state index contributed by atoms with van der Waals surface area (Å²) in [6, 6.07) is 7.54. The summed E-state index contributed by atoms with van der Waals surface area (Å²) in [7, 11) is 1.61. The SMILES string of the molecule is COCCNC(=O)[C@@H]1C[C@@H](N)CN1Cc1cccc(Cl)c1. The first-order chi connectivity index (χ1) is 10.1. The zero-order valence-corrected chi connectivity index (χ0v) is 13.0. The maximum absolute atomic E-state index is 12.2.